The predicted octanol–water partition coefficient (Wildman–Crippen LogP) is 4.60. The third-order valence-corrected chi connectivity index (χ3v) is 7.24. The molecule has 1 aliphatic heterocycles. The fourth-order valence-electron chi connectivity index (χ4n) is 3.77. The Morgan fingerprint density at radius 2 is 1.62 bits per heavy atom. The summed E-state index contributed by atoms with van der Waals surface area (Å²) >= 11 is 0. The standard InChI is InChI=1S/C25H31N5O3S/c1-17(2)20-6-5-18(3)23(16-20)34(31,32)29-22-9-7-21(8-10-22)27-24-15-19(4)26-25(28-24)30-11-13-33-14-12-30/h5-10,15-17,29H,11-14H2,1-4H3,(H,26,27,28). The van der Waals surface area contributed by atoms with Gasteiger partial charge in [0.15, 0.2) is 0 Å². The zero-order valence-electron chi connectivity index (χ0n) is 20.0. The lowest BCUT2D eigenvalue weighted by Crippen LogP contribution is -2.37. The van der Waals surface area contributed by atoms with Crippen LogP contribution in [0.2, 0.25) is 0 Å². The fourth-order valence-corrected chi connectivity index (χ4v) is 5.11. The summed E-state index contributed by atoms with van der Waals surface area (Å²) in [5.41, 5.74) is 3.86. The average molecular weight is 482 g/mol. The first-order chi connectivity index (χ1) is 16.2. The van der Waals surface area contributed by atoms with Crippen LogP contribution in [-0.2, 0) is 14.8 Å². The average Bonchev–Trinajstić information content (AvgIpc) is 2.80. The van der Waals surface area contributed by atoms with Crippen molar-refractivity contribution in [3.05, 3.63) is 65.4 Å². The maximum absolute atomic E-state index is 13.0. The Bertz CT molecular complexity index is 1250. The van der Waals surface area contributed by atoms with E-state index in [2.05, 4.69) is 24.9 Å². The van der Waals surface area contributed by atoms with Crippen molar-refractivity contribution in [1.29, 1.82) is 0 Å². The highest BCUT2D eigenvalue weighted by molar-refractivity contribution is 7.92. The van der Waals surface area contributed by atoms with Crippen LogP contribution in [-0.4, -0.2) is 44.7 Å². The van der Waals surface area contributed by atoms with E-state index in [9.17, 15) is 8.42 Å². The van der Waals surface area contributed by atoms with Crippen molar-refractivity contribution in [1.82, 2.24) is 9.97 Å². The monoisotopic (exact) mass is 481 g/mol. The largest absolute Gasteiger partial charge is 0.378 e. The van der Waals surface area contributed by atoms with Crippen molar-refractivity contribution in [3.8, 4) is 0 Å². The lowest BCUT2D eigenvalue weighted by atomic mass is 10.0. The first kappa shape index (κ1) is 24.0. The summed E-state index contributed by atoms with van der Waals surface area (Å²) in [6.45, 7) is 10.7. The lowest BCUT2D eigenvalue weighted by Gasteiger charge is -2.27. The second-order valence-electron chi connectivity index (χ2n) is 8.78. The van der Waals surface area contributed by atoms with Crippen molar-refractivity contribution in [2.24, 2.45) is 0 Å². The van der Waals surface area contributed by atoms with Gasteiger partial charge in [-0.15, -0.1) is 0 Å². The molecule has 1 aromatic heterocycles. The second kappa shape index (κ2) is 9.99. The highest BCUT2D eigenvalue weighted by atomic mass is 32.2. The van der Waals surface area contributed by atoms with Gasteiger partial charge in [-0.2, -0.15) is 4.98 Å². The molecule has 1 fully saturated rings. The molecule has 34 heavy (non-hydrogen) atoms. The van der Waals surface area contributed by atoms with Gasteiger partial charge in [0.25, 0.3) is 10.0 Å². The number of anilines is 4. The van der Waals surface area contributed by atoms with Gasteiger partial charge in [0.05, 0.1) is 18.1 Å². The van der Waals surface area contributed by atoms with Crippen LogP contribution >= 0.6 is 0 Å². The van der Waals surface area contributed by atoms with Crippen LogP contribution in [0.3, 0.4) is 0 Å². The van der Waals surface area contributed by atoms with Gasteiger partial charge in [-0.1, -0.05) is 26.0 Å². The number of ether oxygens (including phenoxy) is 1. The van der Waals surface area contributed by atoms with Crippen LogP contribution in [0.5, 0.6) is 0 Å². The molecule has 2 heterocycles. The molecule has 180 valence electrons. The predicted molar refractivity (Wildman–Crippen MR) is 136 cm³/mol. The zero-order valence-corrected chi connectivity index (χ0v) is 20.8. The minimum atomic E-state index is -3.70. The van der Waals surface area contributed by atoms with E-state index in [1.165, 1.54) is 0 Å². The molecule has 0 aliphatic carbocycles. The van der Waals surface area contributed by atoms with Gasteiger partial charge in [0, 0.05) is 36.2 Å². The van der Waals surface area contributed by atoms with Crippen LogP contribution < -0.4 is 14.9 Å². The minimum Gasteiger partial charge on any atom is -0.378 e. The van der Waals surface area contributed by atoms with Crippen molar-refractivity contribution in [2.45, 2.75) is 38.5 Å². The van der Waals surface area contributed by atoms with E-state index in [-0.39, 0.29) is 5.92 Å². The van der Waals surface area contributed by atoms with E-state index in [0.29, 0.717) is 41.1 Å². The molecule has 9 heteroatoms. The number of hydrogen-bond acceptors (Lipinski definition) is 7. The number of rotatable bonds is 7. The number of nitrogens with zero attached hydrogens (tertiary/aromatic N) is 3. The van der Waals surface area contributed by atoms with Gasteiger partial charge in [0.2, 0.25) is 5.95 Å². The molecule has 0 radical (unpaired) electrons. The van der Waals surface area contributed by atoms with Crippen molar-refractivity contribution < 1.29 is 13.2 Å². The summed E-state index contributed by atoms with van der Waals surface area (Å²) in [4.78, 5) is 11.6. The molecule has 2 N–H and O–H groups in total. The second-order valence-corrected chi connectivity index (χ2v) is 10.4. The first-order valence-corrected chi connectivity index (χ1v) is 12.9. The maximum Gasteiger partial charge on any atom is 0.262 e. The maximum atomic E-state index is 13.0. The molecule has 1 saturated heterocycles. The Morgan fingerprint density at radius 3 is 2.29 bits per heavy atom. The molecule has 8 nitrogen and oxygen atoms in total. The molecule has 3 aromatic rings. The number of aryl methyl sites for hydroxylation is 2. The number of morpholine rings is 1. The highest BCUT2D eigenvalue weighted by Gasteiger charge is 2.19. The third kappa shape index (κ3) is 5.66. The highest BCUT2D eigenvalue weighted by Crippen LogP contribution is 2.26. The Kier molecular flexibility index (Phi) is 7.04. The molecule has 0 amide bonds. The lowest BCUT2D eigenvalue weighted by molar-refractivity contribution is 0.122. The summed E-state index contributed by atoms with van der Waals surface area (Å²) in [5, 5.41) is 3.29. The van der Waals surface area contributed by atoms with Crippen molar-refractivity contribution >= 4 is 33.2 Å². The molecular formula is C25H31N5O3S. The van der Waals surface area contributed by atoms with E-state index in [0.717, 1.165) is 30.0 Å². The van der Waals surface area contributed by atoms with Gasteiger partial charge >= 0.3 is 0 Å². The summed E-state index contributed by atoms with van der Waals surface area (Å²) in [5.74, 6) is 1.60. The van der Waals surface area contributed by atoms with E-state index < -0.39 is 10.0 Å². The van der Waals surface area contributed by atoms with Crippen molar-refractivity contribution in [3.63, 3.8) is 0 Å². The van der Waals surface area contributed by atoms with Crippen LogP contribution in [0.1, 0.15) is 36.6 Å². The number of hydrogen-bond donors (Lipinski definition) is 2. The van der Waals surface area contributed by atoms with E-state index in [4.69, 9.17) is 4.74 Å². The zero-order chi connectivity index (χ0) is 24.3. The first-order valence-electron chi connectivity index (χ1n) is 11.4. The fraction of sp³-hybridized carbons (Fsp3) is 0.360. The number of benzene rings is 2. The Morgan fingerprint density at radius 1 is 0.941 bits per heavy atom. The number of nitrogens with one attached hydrogen (secondary N) is 2. The molecule has 1 aliphatic rings. The molecule has 2 aromatic carbocycles. The Hall–Kier alpha value is -3.17. The van der Waals surface area contributed by atoms with E-state index >= 15 is 0 Å². The molecule has 0 atom stereocenters. The molecule has 0 bridgehead atoms. The third-order valence-electron chi connectivity index (χ3n) is 5.71. The minimum absolute atomic E-state index is 0.245. The Balaban J connectivity index is 1.49. The summed E-state index contributed by atoms with van der Waals surface area (Å²) in [6, 6.07) is 14.6. The van der Waals surface area contributed by atoms with E-state index in [1.807, 2.05) is 51.1 Å². The smallest absolute Gasteiger partial charge is 0.262 e. The SMILES string of the molecule is Cc1cc(Nc2ccc(NS(=O)(=O)c3cc(C(C)C)ccc3C)cc2)nc(N2CCOCC2)n1. The molecule has 4 rings (SSSR count). The van der Waals surface area contributed by atoms with Crippen LogP contribution in [0, 0.1) is 13.8 Å². The van der Waals surface area contributed by atoms with Crippen LogP contribution in [0.15, 0.2) is 53.4 Å². The van der Waals surface area contributed by atoms with Gasteiger partial charge in [-0.05, 0) is 61.2 Å². The summed E-state index contributed by atoms with van der Waals surface area (Å²) in [7, 11) is -3.70. The molecular weight excluding hydrogens is 450 g/mol. The summed E-state index contributed by atoms with van der Waals surface area (Å²) < 4.78 is 34.2. The van der Waals surface area contributed by atoms with Crippen molar-refractivity contribution in [2.75, 3.05) is 41.2 Å². The number of aromatic nitrogens is 2. The Labute approximate surface area is 201 Å². The van der Waals surface area contributed by atoms with Gasteiger partial charge in [-0.3, -0.25) is 4.72 Å². The normalized spacial score (nSPS) is 14.3. The topological polar surface area (TPSA) is 96.5 Å². The van der Waals surface area contributed by atoms with Gasteiger partial charge in [0.1, 0.15) is 5.82 Å². The number of sulfonamides is 1. The molecule has 0 saturated carbocycles. The van der Waals surface area contributed by atoms with Crippen LogP contribution in [0.4, 0.5) is 23.1 Å². The molecule has 0 unspecified atom stereocenters. The van der Waals surface area contributed by atoms with Gasteiger partial charge in [-0.25, -0.2) is 13.4 Å². The summed E-state index contributed by atoms with van der Waals surface area (Å²) in [6.07, 6.45) is 0. The molecule has 0 spiro atoms. The quantitative estimate of drug-likeness (QED) is 0.509. The van der Waals surface area contributed by atoms with Gasteiger partial charge < -0.3 is 15.0 Å². The van der Waals surface area contributed by atoms with Crippen LogP contribution in [0.25, 0.3) is 0 Å². The van der Waals surface area contributed by atoms with E-state index in [1.54, 1.807) is 25.1 Å².